The molecule has 212 valence electrons. The monoisotopic (exact) mass is 555 g/mol. The first-order valence-electron chi connectivity index (χ1n) is 15.7. The van der Waals surface area contributed by atoms with Gasteiger partial charge in [-0.1, -0.05) is 122 Å². The summed E-state index contributed by atoms with van der Waals surface area (Å²) in [6.45, 7) is 11.9. The van der Waals surface area contributed by atoms with E-state index < -0.39 is 0 Å². The molecule has 0 amide bonds. The summed E-state index contributed by atoms with van der Waals surface area (Å²) in [4.78, 5) is 7.02. The van der Waals surface area contributed by atoms with E-state index in [-0.39, 0.29) is 11.8 Å². The zero-order valence-corrected chi connectivity index (χ0v) is 26.8. The SMILES string of the molecule is CCCCCCCCCCCCCCCC[n+]1cccc(C2C(C(=S)CC)=C(C)N=C(C)C2C(=S)CC)c1. The van der Waals surface area contributed by atoms with Crippen LogP contribution in [0.15, 0.2) is 40.8 Å². The number of thiocarbonyl (C=S) groups is 2. The zero-order chi connectivity index (χ0) is 27.8. The molecule has 1 aromatic heterocycles. The Bertz CT molecular complexity index is 930. The van der Waals surface area contributed by atoms with Gasteiger partial charge < -0.3 is 0 Å². The number of aryl methyl sites for hydroxylation is 1. The van der Waals surface area contributed by atoms with Crippen LogP contribution in [-0.4, -0.2) is 15.4 Å². The molecule has 2 nitrogen and oxygen atoms in total. The summed E-state index contributed by atoms with van der Waals surface area (Å²) in [7, 11) is 0. The normalized spacial score (nSPS) is 17.6. The second kappa shape index (κ2) is 18.9. The number of aromatic nitrogens is 1. The molecule has 2 heterocycles. The largest absolute Gasteiger partial charge is 0.262 e. The lowest BCUT2D eigenvalue weighted by Crippen LogP contribution is -2.37. The van der Waals surface area contributed by atoms with Crippen LogP contribution in [-0.2, 0) is 6.54 Å². The van der Waals surface area contributed by atoms with E-state index in [4.69, 9.17) is 29.4 Å². The van der Waals surface area contributed by atoms with E-state index in [0.717, 1.165) is 40.5 Å². The molecule has 0 N–H and O–H groups in total. The molecule has 0 aromatic carbocycles. The molecule has 1 aliphatic heterocycles. The number of hydrogen-bond donors (Lipinski definition) is 0. The van der Waals surface area contributed by atoms with Crippen LogP contribution >= 0.6 is 24.4 Å². The summed E-state index contributed by atoms with van der Waals surface area (Å²) in [5, 5.41) is 0. The van der Waals surface area contributed by atoms with Crippen molar-refractivity contribution in [2.75, 3.05) is 0 Å². The summed E-state index contributed by atoms with van der Waals surface area (Å²) >= 11 is 11.8. The smallest absolute Gasteiger partial charge is 0.172 e. The van der Waals surface area contributed by atoms with Gasteiger partial charge in [-0.25, -0.2) is 4.57 Å². The van der Waals surface area contributed by atoms with Gasteiger partial charge in [0.2, 0.25) is 0 Å². The second-order valence-electron chi connectivity index (χ2n) is 11.3. The minimum absolute atomic E-state index is 0.148. The standard InChI is InChI=1S/C34H55N2S2/c1-6-9-10-11-12-13-14-15-16-17-18-19-20-21-24-36-25-22-23-29(26-36)34-32(30(37)7-2)27(4)35-28(5)33(34)31(38)8-3/h22-23,25-26,32,34H,6-21,24H2,1-5H3/q+1. The van der Waals surface area contributed by atoms with Gasteiger partial charge in [0.05, 0.1) is 0 Å². The lowest BCUT2D eigenvalue weighted by Gasteiger charge is -2.34. The fraction of sp³-hybridized carbons (Fsp3) is 0.706. The van der Waals surface area contributed by atoms with Crippen molar-refractivity contribution in [3.05, 3.63) is 41.4 Å². The summed E-state index contributed by atoms with van der Waals surface area (Å²) in [5.41, 5.74) is 4.74. The number of allylic oxidation sites excluding steroid dienone is 2. The Labute approximate surface area is 245 Å². The molecule has 0 saturated carbocycles. The molecule has 1 aliphatic rings. The van der Waals surface area contributed by atoms with E-state index in [2.05, 4.69) is 63.7 Å². The van der Waals surface area contributed by atoms with Gasteiger partial charge >= 0.3 is 0 Å². The maximum atomic E-state index is 5.89. The summed E-state index contributed by atoms with van der Waals surface area (Å²) < 4.78 is 2.38. The lowest BCUT2D eigenvalue weighted by atomic mass is 9.73. The summed E-state index contributed by atoms with van der Waals surface area (Å²) in [6.07, 6.45) is 25.9. The molecule has 0 aliphatic carbocycles. The van der Waals surface area contributed by atoms with Gasteiger partial charge in [0.25, 0.3) is 0 Å². The van der Waals surface area contributed by atoms with Gasteiger partial charge in [0.1, 0.15) is 6.54 Å². The Morgan fingerprint density at radius 1 is 0.789 bits per heavy atom. The summed E-state index contributed by atoms with van der Waals surface area (Å²) in [5.74, 6) is 0.325. The van der Waals surface area contributed by atoms with Crippen molar-refractivity contribution < 1.29 is 4.57 Å². The quantitative estimate of drug-likeness (QED) is 0.0903. The molecule has 38 heavy (non-hydrogen) atoms. The Hall–Kier alpha value is -1.26. The van der Waals surface area contributed by atoms with Gasteiger partial charge in [0, 0.05) is 51.0 Å². The van der Waals surface area contributed by atoms with E-state index in [1.54, 1.807) is 0 Å². The zero-order valence-electron chi connectivity index (χ0n) is 25.2. The minimum atomic E-state index is 0.148. The first-order valence-corrected chi connectivity index (χ1v) is 16.6. The van der Waals surface area contributed by atoms with Crippen LogP contribution in [0.3, 0.4) is 0 Å². The van der Waals surface area contributed by atoms with Gasteiger partial charge in [-0.2, -0.15) is 0 Å². The van der Waals surface area contributed by atoms with Gasteiger partial charge in [-0.3, -0.25) is 4.99 Å². The third-order valence-electron chi connectivity index (χ3n) is 8.16. The Balaban J connectivity index is 1.83. The van der Waals surface area contributed by atoms with E-state index >= 15 is 0 Å². The molecule has 2 unspecified atom stereocenters. The first-order chi connectivity index (χ1) is 18.4. The van der Waals surface area contributed by atoms with Crippen molar-refractivity contribution in [1.29, 1.82) is 0 Å². The Morgan fingerprint density at radius 2 is 1.34 bits per heavy atom. The average molecular weight is 556 g/mol. The maximum Gasteiger partial charge on any atom is 0.172 e. The molecule has 0 bridgehead atoms. The third kappa shape index (κ3) is 10.7. The molecule has 0 spiro atoms. The third-order valence-corrected chi connectivity index (χ3v) is 9.21. The first kappa shape index (κ1) is 32.9. The number of nitrogens with zero attached hydrogens (tertiary/aromatic N) is 2. The van der Waals surface area contributed by atoms with Crippen LogP contribution in [0.2, 0.25) is 0 Å². The van der Waals surface area contributed by atoms with Crippen LogP contribution in [0.4, 0.5) is 0 Å². The van der Waals surface area contributed by atoms with E-state index in [0.29, 0.717) is 0 Å². The number of unbranched alkanes of at least 4 members (excludes halogenated alkanes) is 13. The highest BCUT2D eigenvalue weighted by Crippen LogP contribution is 2.41. The molecule has 1 aromatic rings. The predicted molar refractivity (Wildman–Crippen MR) is 175 cm³/mol. The fourth-order valence-electron chi connectivity index (χ4n) is 5.94. The van der Waals surface area contributed by atoms with E-state index in [9.17, 15) is 0 Å². The minimum Gasteiger partial charge on any atom is -0.262 e. The molecule has 2 atom stereocenters. The van der Waals surface area contributed by atoms with Gasteiger partial charge in [-0.05, 0) is 44.7 Å². The molecule has 0 fully saturated rings. The molecular weight excluding hydrogens is 501 g/mol. The van der Waals surface area contributed by atoms with Gasteiger partial charge in [0.15, 0.2) is 12.4 Å². The number of aliphatic imine (C=N–C) groups is 1. The molecular formula is C34H55N2S2+. The average Bonchev–Trinajstić information content (AvgIpc) is 2.92. The van der Waals surface area contributed by atoms with Crippen molar-refractivity contribution in [1.82, 2.24) is 0 Å². The van der Waals surface area contributed by atoms with Crippen LogP contribution in [0.25, 0.3) is 0 Å². The van der Waals surface area contributed by atoms with Crippen LogP contribution in [0.1, 0.15) is 149 Å². The van der Waals surface area contributed by atoms with Crippen molar-refractivity contribution in [2.24, 2.45) is 10.9 Å². The topological polar surface area (TPSA) is 16.2 Å². The Morgan fingerprint density at radius 3 is 1.87 bits per heavy atom. The van der Waals surface area contributed by atoms with E-state index in [1.807, 2.05) is 0 Å². The number of rotatable bonds is 20. The van der Waals surface area contributed by atoms with E-state index in [1.165, 1.54) is 101 Å². The van der Waals surface area contributed by atoms with Crippen LogP contribution in [0, 0.1) is 5.92 Å². The van der Waals surface area contributed by atoms with Crippen molar-refractivity contribution >= 4 is 39.9 Å². The molecule has 2 rings (SSSR count). The highest BCUT2D eigenvalue weighted by molar-refractivity contribution is 7.81. The highest BCUT2D eigenvalue weighted by atomic mass is 32.1. The van der Waals surface area contributed by atoms with Gasteiger partial charge in [-0.15, -0.1) is 0 Å². The maximum absolute atomic E-state index is 5.89. The number of hydrogen-bond acceptors (Lipinski definition) is 3. The van der Waals surface area contributed by atoms with Crippen molar-refractivity contribution in [2.45, 2.75) is 150 Å². The van der Waals surface area contributed by atoms with Crippen molar-refractivity contribution in [3.8, 4) is 0 Å². The second-order valence-corrected chi connectivity index (χ2v) is 12.3. The van der Waals surface area contributed by atoms with Crippen LogP contribution in [0.5, 0.6) is 0 Å². The Kier molecular flexibility index (Phi) is 16.4. The highest BCUT2D eigenvalue weighted by Gasteiger charge is 2.37. The molecule has 4 heteroatoms. The molecule has 0 radical (unpaired) electrons. The summed E-state index contributed by atoms with van der Waals surface area (Å²) in [6, 6.07) is 4.47. The fourth-order valence-corrected chi connectivity index (χ4v) is 6.53. The van der Waals surface area contributed by atoms with Crippen molar-refractivity contribution in [3.63, 3.8) is 0 Å². The molecule has 0 saturated heterocycles. The predicted octanol–water partition coefficient (Wildman–Crippen LogP) is 10.5. The van der Waals surface area contributed by atoms with Crippen LogP contribution < -0.4 is 4.57 Å². The number of pyridine rings is 1. The lowest BCUT2D eigenvalue weighted by molar-refractivity contribution is -0.697.